The molecule has 0 amide bonds. The zero-order valence-corrected chi connectivity index (χ0v) is 11.3. The monoisotopic (exact) mass is 255 g/mol. The number of hydrogen-bond donors (Lipinski definition) is 1. The molecule has 0 heterocycles. The summed E-state index contributed by atoms with van der Waals surface area (Å²) in [6.45, 7) is 2.10. The zero-order valence-electron chi connectivity index (χ0n) is 10.5. The lowest BCUT2D eigenvalue weighted by Gasteiger charge is -2.12. The molecule has 17 heavy (non-hydrogen) atoms. The number of methoxy groups -OCH3 is 1. The molecule has 3 nitrogen and oxygen atoms in total. The summed E-state index contributed by atoms with van der Waals surface area (Å²) in [6.07, 6.45) is 2.07. The maximum Gasteiger partial charge on any atom is 0.119 e. The van der Waals surface area contributed by atoms with E-state index in [9.17, 15) is 4.21 Å². The lowest BCUT2D eigenvalue weighted by molar-refractivity contribution is 0.414. The van der Waals surface area contributed by atoms with E-state index in [1.54, 1.807) is 7.11 Å². The van der Waals surface area contributed by atoms with Crippen LogP contribution in [0.25, 0.3) is 0 Å². The Morgan fingerprint density at radius 2 is 2.24 bits per heavy atom. The topological polar surface area (TPSA) is 52.3 Å². The van der Waals surface area contributed by atoms with Crippen LogP contribution in [0.15, 0.2) is 24.3 Å². The van der Waals surface area contributed by atoms with Crippen LogP contribution in [0.3, 0.4) is 0 Å². The third kappa shape index (κ3) is 4.88. The summed E-state index contributed by atoms with van der Waals surface area (Å²) in [5, 5.41) is 0. The molecule has 0 radical (unpaired) electrons. The Morgan fingerprint density at radius 3 is 2.88 bits per heavy atom. The van der Waals surface area contributed by atoms with Crippen LogP contribution in [0.2, 0.25) is 0 Å². The number of hydrogen-bond acceptors (Lipinski definition) is 3. The Hall–Kier alpha value is -0.870. The van der Waals surface area contributed by atoms with Gasteiger partial charge in [-0.3, -0.25) is 4.21 Å². The van der Waals surface area contributed by atoms with Gasteiger partial charge in [-0.1, -0.05) is 25.5 Å². The van der Waals surface area contributed by atoms with Gasteiger partial charge in [0.05, 0.1) is 7.11 Å². The first kappa shape index (κ1) is 14.2. The van der Waals surface area contributed by atoms with Crippen molar-refractivity contribution in [2.45, 2.75) is 25.8 Å². The number of ether oxygens (including phenoxy) is 1. The van der Waals surface area contributed by atoms with Crippen molar-refractivity contribution in [2.24, 2.45) is 5.73 Å². The molecule has 1 aromatic carbocycles. The highest BCUT2D eigenvalue weighted by atomic mass is 32.2. The molecule has 0 aromatic heterocycles. The standard InChI is InChI=1S/C13H21NO2S/c1-3-4-8-17(15)10-13(14)11-6-5-7-12(9-11)16-2/h5-7,9,13H,3-4,8,10,14H2,1-2H3. The van der Waals surface area contributed by atoms with Crippen LogP contribution >= 0.6 is 0 Å². The van der Waals surface area contributed by atoms with E-state index in [0.29, 0.717) is 5.75 Å². The zero-order chi connectivity index (χ0) is 12.7. The molecular weight excluding hydrogens is 234 g/mol. The van der Waals surface area contributed by atoms with E-state index in [2.05, 4.69) is 6.92 Å². The molecule has 1 aromatic rings. The Kier molecular flexibility index (Phi) is 6.22. The van der Waals surface area contributed by atoms with Crippen molar-refractivity contribution in [3.05, 3.63) is 29.8 Å². The molecule has 2 N–H and O–H groups in total. The number of benzene rings is 1. The van der Waals surface area contributed by atoms with E-state index in [4.69, 9.17) is 10.5 Å². The summed E-state index contributed by atoms with van der Waals surface area (Å²) in [6, 6.07) is 7.46. The van der Waals surface area contributed by atoms with Gasteiger partial charge in [0.1, 0.15) is 5.75 Å². The Bertz CT molecular complexity index is 368. The lowest BCUT2D eigenvalue weighted by atomic mass is 10.1. The van der Waals surface area contributed by atoms with Crippen LogP contribution in [0.5, 0.6) is 5.75 Å². The minimum atomic E-state index is -0.825. The van der Waals surface area contributed by atoms with Crippen LogP contribution in [0.1, 0.15) is 31.4 Å². The molecule has 4 heteroatoms. The highest BCUT2D eigenvalue weighted by Gasteiger charge is 2.10. The van der Waals surface area contributed by atoms with Crippen LogP contribution < -0.4 is 10.5 Å². The van der Waals surface area contributed by atoms with E-state index in [1.807, 2.05) is 24.3 Å². The first-order valence-corrected chi connectivity index (χ1v) is 7.40. The summed E-state index contributed by atoms with van der Waals surface area (Å²) in [4.78, 5) is 0. The Balaban J connectivity index is 2.56. The predicted molar refractivity (Wildman–Crippen MR) is 72.7 cm³/mol. The van der Waals surface area contributed by atoms with Gasteiger partial charge >= 0.3 is 0 Å². The number of rotatable bonds is 7. The molecule has 0 aliphatic carbocycles. The summed E-state index contributed by atoms with van der Waals surface area (Å²) in [7, 11) is 0.804. The third-order valence-corrected chi connectivity index (χ3v) is 4.09. The largest absolute Gasteiger partial charge is 0.497 e. The van der Waals surface area contributed by atoms with Crippen LogP contribution in [0.4, 0.5) is 0 Å². The molecule has 96 valence electrons. The summed E-state index contributed by atoms with van der Waals surface area (Å²) in [5.74, 6) is 2.05. The summed E-state index contributed by atoms with van der Waals surface area (Å²) < 4.78 is 16.9. The first-order valence-electron chi connectivity index (χ1n) is 5.92. The smallest absolute Gasteiger partial charge is 0.119 e. The summed E-state index contributed by atoms with van der Waals surface area (Å²) >= 11 is 0. The molecule has 2 unspecified atom stereocenters. The fourth-order valence-electron chi connectivity index (χ4n) is 1.56. The minimum Gasteiger partial charge on any atom is -0.497 e. The SMILES string of the molecule is CCCCS(=O)CC(N)c1cccc(OC)c1. The normalized spacial score (nSPS) is 14.3. The van der Waals surface area contributed by atoms with Crippen molar-refractivity contribution >= 4 is 10.8 Å². The van der Waals surface area contributed by atoms with E-state index in [0.717, 1.165) is 29.9 Å². The fraction of sp³-hybridized carbons (Fsp3) is 0.538. The predicted octanol–water partition coefficient (Wildman–Crippen LogP) is 2.24. The van der Waals surface area contributed by atoms with E-state index >= 15 is 0 Å². The summed E-state index contributed by atoms with van der Waals surface area (Å²) in [5.41, 5.74) is 7.02. The van der Waals surface area contributed by atoms with Gasteiger partial charge in [0.2, 0.25) is 0 Å². The molecular formula is C13H21NO2S. The van der Waals surface area contributed by atoms with E-state index in [-0.39, 0.29) is 6.04 Å². The van der Waals surface area contributed by atoms with Crippen LogP contribution in [0, 0.1) is 0 Å². The van der Waals surface area contributed by atoms with Gasteiger partial charge < -0.3 is 10.5 Å². The Labute approximate surface area is 106 Å². The number of nitrogens with two attached hydrogens (primary N) is 1. The molecule has 0 spiro atoms. The van der Waals surface area contributed by atoms with E-state index in [1.165, 1.54) is 0 Å². The third-order valence-electron chi connectivity index (χ3n) is 2.61. The lowest BCUT2D eigenvalue weighted by Crippen LogP contribution is -2.19. The van der Waals surface area contributed by atoms with Crippen molar-refractivity contribution in [2.75, 3.05) is 18.6 Å². The van der Waals surface area contributed by atoms with Gasteiger partial charge in [0.25, 0.3) is 0 Å². The highest BCUT2D eigenvalue weighted by molar-refractivity contribution is 7.85. The molecule has 2 atom stereocenters. The average molecular weight is 255 g/mol. The number of unbranched alkanes of at least 4 members (excludes halogenated alkanes) is 1. The first-order chi connectivity index (χ1) is 8.17. The molecule has 0 saturated heterocycles. The fourth-order valence-corrected chi connectivity index (χ4v) is 2.93. The van der Waals surface area contributed by atoms with Gasteiger partial charge in [-0.2, -0.15) is 0 Å². The van der Waals surface area contributed by atoms with Crippen molar-refractivity contribution in [3.63, 3.8) is 0 Å². The highest BCUT2D eigenvalue weighted by Crippen LogP contribution is 2.18. The molecule has 0 bridgehead atoms. The van der Waals surface area contributed by atoms with Gasteiger partial charge in [-0.15, -0.1) is 0 Å². The molecule has 0 fully saturated rings. The van der Waals surface area contributed by atoms with Gasteiger partial charge in [0, 0.05) is 28.3 Å². The van der Waals surface area contributed by atoms with Gasteiger partial charge in [0.15, 0.2) is 0 Å². The van der Waals surface area contributed by atoms with Crippen molar-refractivity contribution in [3.8, 4) is 5.75 Å². The maximum absolute atomic E-state index is 11.7. The van der Waals surface area contributed by atoms with Crippen LogP contribution in [-0.4, -0.2) is 22.8 Å². The van der Waals surface area contributed by atoms with Crippen LogP contribution in [-0.2, 0) is 10.8 Å². The van der Waals surface area contributed by atoms with Crippen molar-refractivity contribution < 1.29 is 8.95 Å². The second kappa shape index (κ2) is 7.45. The van der Waals surface area contributed by atoms with Crippen molar-refractivity contribution in [1.82, 2.24) is 0 Å². The average Bonchev–Trinajstić information content (AvgIpc) is 2.36. The van der Waals surface area contributed by atoms with Gasteiger partial charge in [-0.25, -0.2) is 0 Å². The second-order valence-corrected chi connectivity index (χ2v) is 5.67. The van der Waals surface area contributed by atoms with Gasteiger partial charge in [-0.05, 0) is 24.1 Å². The Morgan fingerprint density at radius 1 is 1.47 bits per heavy atom. The minimum absolute atomic E-state index is 0.178. The molecule has 0 aliphatic heterocycles. The second-order valence-electron chi connectivity index (χ2n) is 4.05. The maximum atomic E-state index is 11.7. The molecule has 1 rings (SSSR count). The van der Waals surface area contributed by atoms with Crippen molar-refractivity contribution in [1.29, 1.82) is 0 Å². The van der Waals surface area contributed by atoms with E-state index < -0.39 is 10.8 Å². The molecule has 0 aliphatic rings. The molecule has 0 saturated carbocycles. The quantitative estimate of drug-likeness (QED) is 0.813.